The summed E-state index contributed by atoms with van der Waals surface area (Å²) in [5.41, 5.74) is 0. The van der Waals surface area contributed by atoms with Crippen LogP contribution in [0, 0.1) is 5.92 Å². The lowest BCUT2D eigenvalue weighted by molar-refractivity contribution is -0.129. The minimum absolute atomic E-state index is 0.267. The van der Waals surface area contributed by atoms with Crippen LogP contribution in [-0.4, -0.2) is 37.0 Å². The lowest BCUT2D eigenvalue weighted by Gasteiger charge is -2.22. The predicted octanol–water partition coefficient (Wildman–Crippen LogP) is 2.17. The normalized spacial score (nSPS) is 22.2. The minimum Gasteiger partial charge on any atom is -0.344 e. The molecule has 2 fully saturated rings. The topological polar surface area (TPSA) is 32.3 Å². The van der Waals surface area contributed by atoms with Crippen LogP contribution >= 0.6 is 0 Å². The maximum atomic E-state index is 12.0. The predicted molar refractivity (Wildman–Crippen MR) is 69.9 cm³/mol. The SMILES string of the molecule is CN(CC1CCCC1)C(=O)CNC1CCCC1. The average molecular weight is 238 g/mol. The molecule has 0 unspecified atom stereocenters. The van der Waals surface area contributed by atoms with Crippen LogP contribution in [0.1, 0.15) is 51.4 Å². The summed E-state index contributed by atoms with van der Waals surface area (Å²) in [6.07, 6.45) is 10.5. The Morgan fingerprint density at radius 2 is 1.71 bits per heavy atom. The van der Waals surface area contributed by atoms with Crippen LogP contribution in [0.3, 0.4) is 0 Å². The molecule has 17 heavy (non-hydrogen) atoms. The molecule has 2 aliphatic carbocycles. The van der Waals surface area contributed by atoms with Crippen molar-refractivity contribution in [3.8, 4) is 0 Å². The van der Waals surface area contributed by atoms with E-state index >= 15 is 0 Å². The largest absolute Gasteiger partial charge is 0.344 e. The Bertz CT molecular complexity index is 243. The van der Waals surface area contributed by atoms with Crippen molar-refractivity contribution < 1.29 is 4.79 Å². The van der Waals surface area contributed by atoms with Crippen LogP contribution in [-0.2, 0) is 4.79 Å². The molecule has 0 aromatic heterocycles. The van der Waals surface area contributed by atoms with Crippen molar-refractivity contribution in [1.29, 1.82) is 0 Å². The van der Waals surface area contributed by atoms with Crippen molar-refractivity contribution in [1.82, 2.24) is 10.2 Å². The molecule has 0 saturated heterocycles. The Balaban J connectivity index is 1.63. The second-order valence-electron chi connectivity index (χ2n) is 5.79. The highest BCUT2D eigenvalue weighted by molar-refractivity contribution is 5.78. The van der Waals surface area contributed by atoms with Gasteiger partial charge in [0.2, 0.25) is 5.91 Å². The van der Waals surface area contributed by atoms with Gasteiger partial charge in [0.1, 0.15) is 0 Å². The average Bonchev–Trinajstić information content (AvgIpc) is 2.98. The molecule has 3 heteroatoms. The third-order valence-electron chi connectivity index (χ3n) is 4.33. The van der Waals surface area contributed by atoms with Crippen LogP contribution in [0.2, 0.25) is 0 Å². The Hall–Kier alpha value is -0.570. The highest BCUT2D eigenvalue weighted by atomic mass is 16.2. The van der Waals surface area contributed by atoms with E-state index in [0.717, 1.165) is 12.5 Å². The van der Waals surface area contributed by atoms with Crippen molar-refractivity contribution in [2.75, 3.05) is 20.1 Å². The van der Waals surface area contributed by atoms with Gasteiger partial charge in [-0.15, -0.1) is 0 Å². The van der Waals surface area contributed by atoms with Crippen molar-refractivity contribution in [2.45, 2.75) is 57.4 Å². The van der Waals surface area contributed by atoms with E-state index in [1.807, 2.05) is 11.9 Å². The van der Waals surface area contributed by atoms with Gasteiger partial charge in [0.05, 0.1) is 6.54 Å². The van der Waals surface area contributed by atoms with Crippen molar-refractivity contribution in [3.05, 3.63) is 0 Å². The highest BCUT2D eigenvalue weighted by Gasteiger charge is 2.20. The van der Waals surface area contributed by atoms with Gasteiger partial charge in [-0.25, -0.2) is 0 Å². The number of nitrogens with one attached hydrogen (secondary N) is 1. The maximum Gasteiger partial charge on any atom is 0.236 e. The number of hydrogen-bond donors (Lipinski definition) is 1. The molecule has 2 rings (SSSR count). The maximum absolute atomic E-state index is 12.0. The molecule has 98 valence electrons. The quantitative estimate of drug-likeness (QED) is 0.796. The minimum atomic E-state index is 0.267. The van der Waals surface area contributed by atoms with Crippen molar-refractivity contribution in [3.63, 3.8) is 0 Å². The summed E-state index contributed by atoms with van der Waals surface area (Å²) >= 11 is 0. The van der Waals surface area contributed by atoms with Gasteiger partial charge < -0.3 is 10.2 Å². The highest BCUT2D eigenvalue weighted by Crippen LogP contribution is 2.25. The molecule has 0 heterocycles. The molecule has 0 aromatic rings. The molecule has 0 bridgehead atoms. The lowest BCUT2D eigenvalue weighted by atomic mass is 10.1. The summed E-state index contributed by atoms with van der Waals surface area (Å²) in [7, 11) is 1.96. The van der Waals surface area contributed by atoms with E-state index in [1.54, 1.807) is 0 Å². The van der Waals surface area contributed by atoms with Crippen LogP contribution in [0.15, 0.2) is 0 Å². The Labute approximate surface area is 105 Å². The second-order valence-corrected chi connectivity index (χ2v) is 5.79. The number of hydrogen-bond acceptors (Lipinski definition) is 2. The van der Waals surface area contributed by atoms with E-state index in [2.05, 4.69) is 5.32 Å². The Kier molecular flexibility index (Phi) is 4.84. The number of amides is 1. The van der Waals surface area contributed by atoms with Gasteiger partial charge >= 0.3 is 0 Å². The van der Waals surface area contributed by atoms with E-state index in [9.17, 15) is 4.79 Å². The number of nitrogens with zero attached hydrogens (tertiary/aromatic N) is 1. The molecular weight excluding hydrogens is 212 g/mol. The fourth-order valence-corrected chi connectivity index (χ4v) is 3.18. The summed E-state index contributed by atoms with van der Waals surface area (Å²) in [6, 6.07) is 0.596. The van der Waals surface area contributed by atoms with E-state index in [1.165, 1.54) is 51.4 Å². The van der Waals surface area contributed by atoms with Gasteiger partial charge in [-0.05, 0) is 31.6 Å². The first-order chi connectivity index (χ1) is 8.25. The van der Waals surface area contributed by atoms with Gasteiger partial charge in [0.15, 0.2) is 0 Å². The second kappa shape index (κ2) is 6.39. The molecule has 0 aromatic carbocycles. The molecule has 0 spiro atoms. The summed E-state index contributed by atoms with van der Waals surface area (Å²) in [5, 5.41) is 3.40. The molecule has 0 atom stereocenters. The summed E-state index contributed by atoms with van der Waals surface area (Å²) in [4.78, 5) is 13.9. The zero-order chi connectivity index (χ0) is 12.1. The van der Waals surface area contributed by atoms with Crippen molar-refractivity contribution >= 4 is 5.91 Å². The number of carbonyl (C=O) groups is 1. The molecule has 1 amide bonds. The molecule has 2 saturated carbocycles. The number of likely N-dealkylation sites (N-methyl/N-ethyl adjacent to an activating group) is 1. The standard InChI is InChI=1S/C14H26N2O/c1-16(11-12-6-2-3-7-12)14(17)10-15-13-8-4-5-9-13/h12-13,15H,2-11H2,1H3. The zero-order valence-electron chi connectivity index (χ0n) is 11.1. The molecule has 1 N–H and O–H groups in total. The van der Waals surface area contributed by atoms with Gasteiger partial charge in [0, 0.05) is 19.6 Å². The lowest BCUT2D eigenvalue weighted by Crippen LogP contribution is -2.40. The first-order valence-electron chi connectivity index (χ1n) is 7.23. The molecule has 0 aliphatic heterocycles. The van der Waals surface area contributed by atoms with Gasteiger partial charge in [-0.2, -0.15) is 0 Å². The van der Waals surface area contributed by atoms with Gasteiger partial charge in [0.25, 0.3) is 0 Å². The Morgan fingerprint density at radius 3 is 2.35 bits per heavy atom. The molecule has 2 aliphatic rings. The third kappa shape index (κ3) is 3.98. The first kappa shape index (κ1) is 12.9. The van der Waals surface area contributed by atoms with Crippen molar-refractivity contribution in [2.24, 2.45) is 5.92 Å². The van der Waals surface area contributed by atoms with E-state index < -0.39 is 0 Å². The molecule has 0 radical (unpaired) electrons. The van der Waals surface area contributed by atoms with E-state index in [-0.39, 0.29) is 5.91 Å². The van der Waals surface area contributed by atoms with E-state index in [0.29, 0.717) is 12.6 Å². The fourth-order valence-electron chi connectivity index (χ4n) is 3.18. The van der Waals surface area contributed by atoms with Crippen LogP contribution in [0.5, 0.6) is 0 Å². The smallest absolute Gasteiger partial charge is 0.236 e. The zero-order valence-corrected chi connectivity index (χ0v) is 11.1. The summed E-state index contributed by atoms with van der Waals surface area (Å²) < 4.78 is 0. The molecular formula is C14H26N2O. The third-order valence-corrected chi connectivity index (χ3v) is 4.33. The van der Waals surface area contributed by atoms with E-state index in [4.69, 9.17) is 0 Å². The van der Waals surface area contributed by atoms with Gasteiger partial charge in [-0.3, -0.25) is 4.79 Å². The summed E-state index contributed by atoms with van der Waals surface area (Å²) in [6.45, 7) is 1.50. The molecule has 3 nitrogen and oxygen atoms in total. The monoisotopic (exact) mass is 238 g/mol. The van der Waals surface area contributed by atoms with Crippen LogP contribution in [0.4, 0.5) is 0 Å². The fraction of sp³-hybridized carbons (Fsp3) is 0.929. The Morgan fingerprint density at radius 1 is 1.12 bits per heavy atom. The number of rotatable bonds is 5. The summed E-state index contributed by atoms with van der Waals surface area (Å²) in [5.74, 6) is 1.03. The first-order valence-corrected chi connectivity index (χ1v) is 7.23. The van der Waals surface area contributed by atoms with Crippen LogP contribution in [0.25, 0.3) is 0 Å². The van der Waals surface area contributed by atoms with Crippen LogP contribution < -0.4 is 5.32 Å². The number of carbonyl (C=O) groups excluding carboxylic acids is 1. The van der Waals surface area contributed by atoms with Gasteiger partial charge in [-0.1, -0.05) is 25.7 Å².